The Bertz CT molecular complexity index is 653. The Hall–Kier alpha value is -1.37. The van der Waals surface area contributed by atoms with Crippen molar-refractivity contribution in [2.45, 2.75) is 44.1 Å². The van der Waals surface area contributed by atoms with E-state index < -0.39 is 0 Å². The summed E-state index contributed by atoms with van der Waals surface area (Å²) in [7, 11) is 1.65. The van der Waals surface area contributed by atoms with E-state index in [9.17, 15) is 4.79 Å². The van der Waals surface area contributed by atoms with Crippen molar-refractivity contribution >= 4 is 29.0 Å². The monoisotopic (exact) mass is 350 g/mol. The van der Waals surface area contributed by atoms with Gasteiger partial charge in [0.15, 0.2) is 0 Å². The van der Waals surface area contributed by atoms with Crippen LogP contribution in [0.3, 0.4) is 0 Å². The van der Waals surface area contributed by atoms with Crippen molar-refractivity contribution in [2.75, 3.05) is 7.11 Å². The number of aryl methyl sites for hydroxylation is 2. The molecule has 2 rings (SSSR count). The minimum atomic E-state index is -0.135. The molecule has 0 aliphatic carbocycles. The SMILES string of the molecule is COCc1nc(C)c(CNC(=O)[C@@H](C)Sc2ccc(C)cc2)s1. The van der Waals surface area contributed by atoms with Gasteiger partial charge in [0.25, 0.3) is 0 Å². The van der Waals surface area contributed by atoms with Gasteiger partial charge < -0.3 is 10.1 Å². The molecule has 1 heterocycles. The van der Waals surface area contributed by atoms with Crippen LogP contribution in [0.15, 0.2) is 29.2 Å². The van der Waals surface area contributed by atoms with Gasteiger partial charge in [-0.15, -0.1) is 23.1 Å². The second-order valence-corrected chi connectivity index (χ2v) is 7.92. The molecule has 0 saturated heterocycles. The quantitative estimate of drug-likeness (QED) is 0.774. The average Bonchev–Trinajstić information content (AvgIpc) is 2.87. The number of benzene rings is 1. The largest absolute Gasteiger partial charge is 0.378 e. The molecule has 0 aliphatic rings. The molecule has 1 aromatic heterocycles. The van der Waals surface area contributed by atoms with Crippen LogP contribution in [-0.4, -0.2) is 23.3 Å². The Kier molecular flexibility index (Phi) is 6.62. The summed E-state index contributed by atoms with van der Waals surface area (Å²) in [5.74, 6) is 0.0386. The zero-order valence-corrected chi connectivity index (χ0v) is 15.5. The number of nitrogens with zero attached hydrogens (tertiary/aromatic N) is 1. The molecule has 124 valence electrons. The fraction of sp³-hybridized carbons (Fsp3) is 0.412. The van der Waals surface area contributed by atoms with Gasteiger partial charge in [-0.3, -0.25) is 4.79 Å². The standard InChI is InChI=1S/C17H22N2O2S2/c1-11-5-7-14(8-6-11)22-13(3)17(20)18-9-15-12(2)19-16(23-15)10-21-4/h5-8,13H,9-10H2,1-4H3,(H,18,20)/t13-/m1/s1. The molecule has 0 saturated carbocycles. The Labute approximate surface area is 145 Å². The van der Waals surface area contributed by atoms with E-state index in [1.165, 1.54) is 5.56 Å². The maximum Gasteiger partial charge on any atom is 0.233 e. The van der Waals surface area contributed by atoms with Gasteiger partial charge >= 0.3 is 0 Å². The summed E-state index contributed by atoms with van der Waals surface area (Å²) in [5, 5.41) is 3.80. The first kappa shape index (κ1) is 18.0. The van der Waals surface area contributed by atoms with Gasteiger partial charge in [-0.25, -0.2) is 4.98 Å². The number of thiazole rings is 1. The number of ether oxygens (including phenoxy) is 1. The summed E-state index contributed by atoms with van der Waals surface area (Å²) in [5.41, 5.74) is 2.18. The molecule has 23 heavy (non-hydrogen) atoms. The summed E-state index contributed by atoms with van der Waals surface area (Å²) >= 11 is 3.15. The van der Waals surface area contributed by atoms with Crippen LogP contribution in [0.5, 0.6) is 0 Å². The molecule has 0 fully saturated rings. The maximum absolute atomic E-state index is 12.3. The second kappa shape index (κ2) is 8.47. The van der Waals surface area contributed by atoms with Gasteiger partial charge in [0.2, 0.25) is 5.91 Å². The molecular weight excluding hydrogens is 328 g/mol. The van der Waals surface area contributed by atoms with E-state index in [4.69, 9.17) is 4.74 Å². The highest BCUT2D eigenvalue weighted by Crippen LogP contribution is 2.24. The summed E-state index contributed by atoms with van der Waals surface area (Å²) in [6, 6.07) is 8.22. The Balaban J connectivity index is 1.87. The van der Waals surface area contributed by atoms with Crippen molar-refractivity contribution in [3.05, 3.63) is 45.4 Å². The molecule has 1 N–H and O–H groups in total. The lowest BCUT2D eigenvalue weighted by atomic mass is 10.2. The summed E-state index contributed by atoms with van der Waals surface area (Å²) < 4.78 is 5.09. The van der Waals surface area contributed by atoms with Crippen molar-refractivity contribution in [3.8, 4) is 0 Å². The van der Waals surface area contributed by atoms with Crippen molar-refractivity contribution in [1.82, 2.24) is 10.3 Å². The zero-order chi connectivity index (χ0) is 16.8. The van der Waals surface area contributed by atoms with E-state index >= 15 is 0 Å². The molecule has 0 bridgehead atoms. The molecule has 0 spiro atoms. The van der Waals surface area contributed by atoms with Crippen molar-refractivity contribution in [1.29, 1.82) is 0 Å². The highest BCUT2D eigenvalue weighted by atomic mass is 32.2. The topological polar surface area (TPSA) is 51.2 Å². The second-order valence-electron chi connectivity index (χ2n) is 5.34. The number of hydrogen-bond acceptors (Lipinski definition) is 5. The molecule has 4 nitrogen and oxygen atoms in total. The molecule has 1 amide bonds. The van der Waals surface area contributed by atoms with Crippen molar-refractivity contribution in [2.24, 2.45) is 0 Å². The number of nitrogens with one attached hydrogen (secondary N) is 1. The molecule has 6 heteroatoms. The average molecular weight is 351 g/mol. The lowest BCUT2D eigenvalue weighted by Crippen LogP contribution is -2.30. The smallest absolute Gasteiger partial charge is 0.233 e. The molecular formula is C17H22N2O2S2. The van der Waals surface area contributed by atoms with Crippen LogP contribution in [0.2, 0.25) is 0 Å². The van der Waals surface area contributed by atoms with Gasteiger partial charge in [-0.05, 0) is 32.9 Å². The van der Waals surface area contributed by atoms with Crippen molar-refractivity contribution in [3.63, 3.8) is 0 Å². The molecule has 2 aromatic rings. The summed E-state index contributed by atoms with van der Waals surface area (Å²) in [6.07, 6.45) is 0. The van der Waals surface area contributed by atoms with Gasteiger partial charge in [-0.2, -0.15) is 0 Å². The van der Waals surface area contributed by atoms with E-state index in [0.717, 1.165) is 20.5 Å². The third kappa shape index (κ3) is 5.34. The number of thioether (sulfide) groups is 1. The number of carbonyl (C=O) groups is 1. The van der Waals surface area contributed by atoms with E-state index in [0.29, 0.717) is 13.2 Å². The number of hydrogen-bond donors (Lipinski definition) is 1. The Morgan fingerprint density at radius 3 is 2.70 bits per heavy atom. The van der Waals surface area contributed by atoms with Crippen LogP contribution in [0.25, 0.3) is 0 Å². The van der Waals surface area contributed by atoms with Gasteiger partial charge in [0.1, 0.15) is 5.01 Å². The highest BCUT2D eigenvalue weighted by molar-refractivity contribution is 8.00. The third-order valence-electron chi connectivity index (χ3n) is 3.33. The third-order valence-corrected chi connectivity index (χ3v) is 5.57. The normalized spacial score (nSPS) is 12.2. The van der Waals surface area contributed by atoms with Crippen LogP contribution < -0.4 is 5.32 Å². The number of aromatic nitrogens is 1. The van der Waals surface area contributed by atoms with E-state index in [1.807, 2.05) is 26.0 Å². The molecule has 0 aliphatic heterocycles. The predicted molar refractivity (Wildman–Crippen MR) is 95.9 cm³/mol. The molecule has 1 aromatic carbocycles. The van der Waals surface area contributed by atoms with Gasteiger partial charge in [-0.1, -0.05) is 17.7 Å². The van der Waals surface area contributed by atoms with E-state index in [1.54, 1.807) is 30.2 Å². The fourth-order valence-electron chi connectivity index (χ4n) is 2.02. The number of methoxy groups -OCH3 is 1. The molecule has 1 atom stereocenters. The highest BCUT2D eigenvalue weighted by Gasteiger charge is 2.15. The first-order valence-electron chi connectivity index (χ1n) is 7.44. The summed E-state index contributed by atoms with van der Waals surface area (Å²) in [4.78, 5) is 18.9. The molecule has 0 radical (unpaired) electrons. The lowest BCUT2D eigenvalue weighted by molar-refractivity contribution is -0.120. The maximum atomic E-state index is 12.3. The van der Waals surface area contributed by atoms with Crippen LogP contribution in [0.4, 0.5) is 0 Å². The predicted octanol–water partition coefficient (Wildman–Crippen LogP) is 3.70. The first-order valence-corrected chi connectivity index (χ1v) is 9.14. The fourth-order valence-corrected chi connectivity index (χ4v) is 3.90. The number of carbonyl (C=O) groups excluding carboxylic acids is 1. The zero-order valence-electron chi connectivity index (χ0n) is 13.9. The van der Waals surface area contributed by atoms with Gasteiger partial charge in [0.05, 0.1) is 24.1 Å². The minimum Gasteiger partial charge on any atom is -0.378 e. The first-order chi connectivity index (χ1) is 11.0. The Morgan fingerprint density at radius 1 is 1.35 bits per heavy atom. The van der Waals surface area contributed by atoms with E-state index in [-0.39, 0.29) is 11.2 Å². The van der Waals surface area contributed by atoms with Crippen LogP contribution >= 0.6 is 23.1 Å². The summed E-state index contributed by atoms with van der Waals surface area (Å²) in [6.45, 7) is 6.97. The van der Waals surface area contributed by atoms with Crippen LogP contribution in [-0.2, 0) is 22.7 Å². The number of amides is 1. The lowest BCUT2D eigenvalue weighted by Gasteiger charge is -2.11. The number of rotatable bonds is 7. The van der Waals surface area contributed by atoms with Gasteiger partial charge in [0, 0.05) is 16.9 Å². The van der Waals surface area contributed by atoms with Crippen molar-refractivity contribution < 1.29 is 9.53 Å². The Morgan fingerprint density at radius 2 is 2.04 bits per heavy atom. The molecule has 0 unspecified atom stereocenters. The minimum absolute atomic E-state index is 0.0386. The van der Waals surface area contributed by atoms with Crippen LogP contribution in [0.1, 0.15) is 28.1 Å². The van der Waals surface area contributed by atoms with E-state index in [2.05, 4.69) is 29.4 Å². The van der Waals surface area contributed by atoms with Crippen LogP contribution in [0, 0.1) is 13.8 Å².